The molecule has 0 saturated heterocycles. The van der Waals surface area contributed by atoms with Gasteiger partial charge in [0.05, 0.1) is 17.4 Å². The molecule has 0 bridgehead atoms. The molecule has 5 nitrogen and oxygen atoms in total. The van der Waals surface area contributed by atoms with Gasteiger partial charge in [-0.25, -0.2) is 0 Å². The van der Waals surface area contributed by atoms with Gasteiger partial charge >= 0.3 is 0 Å². The Labute approximate surface area is 101 Å². The van der Waals surface area contributed by atoms with Crippen LogP contribution < -0.4 is 16.6 Å². The first kappa shape index (κ1) is 11.9. The molecule has 5 heteroatoms. The van der Waals surface area contributed by atoms with Gasteiger partial charge in [-0.3, -0.25) is 15.6 Å². The van der Waals surface area contributed by atoms with Crippen LogP contribution in [-0.4, -0.2) is 17.4 Å². The van der Waals surface area contributed by atoms with E-state index in [0.717, 1.165) is 18.9 Å². The number of hydrogen-bond donors (Lipinski definition) is 3. The molecule has 1 saturated carbocycles. The van der Waals surface area contributed by atoms with Crippen molar-refractivity contribution >= 4 is 11.6 Å². The molecule has 0 atom stereocenters. The number of nitrogens with two attached hydrogens (primary N) is 1. The van der Waals surface area contributed by atoms with Crippen LogP contribution in [0.15, 0.2) is 18.5 Å². The maximum absolute atomic E-state index is 11.9. The number of nitrogen functional groups attached to an aromatic ring is 1. The fraction of sp³-hybridized carbons (Fsp3) is 0.500. The minimum absolute atomic E-state index is 0.101. The third-order valence-electron chi connectivity index (χ3n) is 2.99. The standard InChI is InChI=1S/C12H18N4O/c13-16-11-8-14-7-5-10(11)12(17)15-6-1-2-9-3-4-9/h5,7-9,16H,1-4,6,13H2,(H,15,17). The van der Waals surface area contributed by atoms with Gasteiger partial charge in [0.1, 0.15) is 0 Å². The Bertz CT molecular complexity index is 390. The lowest BCUT2D eigenvalue weighted by Gasteiger charge is -2.08. The molecule has 0 aromatic carbocycles. The van der Waals surface area contributed by atoms with Gasteiger partial charge in [-0.15, -0.1) is 0 Å². The molecule has 1 amide bonds. The topological polar surface area (TPSA) is 80.0 Å². The zero-order valence-corrected chi connectivity index (χ0v) is 9.78. The molecule has 1 heterocycles. The monoisotopic (exact) mass is 234 g/mol. The van der Waals surface area contributed by atoms with Crippen molar-refractivity contribution in [3.8, 4) is 0 Å². The predicted molar refractivity (Wildman–Crippen MR) is 66.3 cm³/mol. The van der Waals surface area contributed by atoms with E-state index in [2.05, 4.69) is 15.7 Å². The average Bonchev–Trinajstić information content (AvgIpc) is 3.18. The first-order valence-electron chi connectivity index (χ1n) is 6.00. The van der Waals surface area contributed by atoms with Crippen LogP contribution in [-0.2, 0) is 0 Å². The maximum Gasteiger partial charge on any atom is 0.253 e. The maximum atomic E-state index is 11.9. The van der Waals surface area contributed by atoms with E-state index in [1.54, 1.807) is 18.5 Å². The highest BCUT2D eigenvalue weighted by molar-refractivity contribution is 5.99. The molecule has 1 aromatic heterocycles. The molecule has 1 aliphatic carbocycles. The number of anilines is 1. The number of aromatic nitrogens is 1. The van der Waals surface area contributed by atoms with Gasteiger partial charge in [-0.05, 0) is 24.8 Å². The third-order valence-corrected chi connectivity index (χ3v) is 2.99. The normalized spacial score (nSPS) is 14.4. The third kappa shape index (κ3) is 3.42. The molecule has 0 radical (unpaired) electrons. The van der Waals surface area contributed by atoms with Gasteiger partial charge in [0, 0.05) is 12.7 Å². The summed E-state index contributed by atoms with van der Waals surface area (Å²) in [6.45, 7) is 0.724. The summed E-state index contributed by atoms with van der Waals surface area (Å²) in [5, 5.41) is 2.89. The summed E-state index contributed by atoms with van der Waals surface area (Å²) in [5.74, 6) is 6.13. The highest BCUT2D eigenvalue weighted by Crippen LogP contribution is 2.33. The smallest absolute Gasteiger partial charge is 0.253 e. The first-order chi connectivity index (χ1) is 8.31. The van der Waals surface area contributed by atoms with Crippen molar-refractivity contribution in [3.05, 3.63) is 24.0 Å². The van der Waals surface area contributed by atoms with Gasteiger partial charge < -0.3 is 10.7 Å². The van der Waals surface area contributed by atoms with Gasteiger partial charge in [0.25, 0.3) is 5.91 Å². The quantitative estimate of drug-likeness (QED) is 0.393. The van der Waals surface area contributed by atoms with Crippen molar-refractivity contribution in [3.63, 3.8) is 0 Å². The summed E-state index contributed by atoms with van der Waals surface area (Å²) in [6.07, 6.45) is 8.11. The van der Waals surface area contributed by atoms with Gasteiger partial charge in [0.2, 0.25) is 0 Å². The minimum atomic E-state index is -0.101. The Hall–Kier alpha value is -1.62. The lowest BCUT2D eigenvalue weighted by Crippen LogP contribution is -2.26. The van der Waals surface area contributed by atoms with E-state index in [-0.39, 0.29) is 5.91 Å². The summed E-state index contributed by atoms with van der Waals surface area (Å²) in [5.41, 5.74) is 3.56. The Kier molecular flexibility index (Phi) is 3.93. The number of rotatable bonds is 6. The van der Waals surface area contributed by atoms with E-state index in [4.69, 9.17) is 5.84 Å². The van der Waals surface area contributed by atoms with Gasteiger partial charge in [-0.2, -0.15) is 0 Å². The minimum Gasteiger partial charge on any atom is -0.352 e. The lowest BCUT2D eigenvalue weighted by molar-refractivity contribution is 0.0953. The second-order valence-electron chi connectivity index (χ2n) is 4.41. The van der Waals surface area contributed by atoms with Crippen LogP contribution in [0.1, 0.15) is 36.0 Å². The van der Waals surface area contributed by atoms with Crippen LogP contribution in [0.3, 0.4) is 0 Å². The van der Waals surface area contributed by atoms with E-state index < -0.39 is 0 Å². The van der Waals surface area contributed by atoms with Crippen LogP contribution in [0, 0.1) is 5.92 Å². The fourth-order valence-corrected chi connectivity index (χ4v) is 1.80. The largest absolute Gasteiger partial charge is 0.352 e. The molecule has 92 valence electrons. The summed E-state index contributed by atoms with van der Waals surface area (Å²) in [6, 6.07) is 1.66. The summed E-state index contributed by atoms with van der Waals surface area (Å²) in [7, 11) is 0. The molecule has 4 N–H and O–H groups in total. The van der Waals surface area contributed by atoms with Gasteiger partial charge in [-0.1, -0.05) is 12.8 Å². The van der Waals surface area contributed by atoms with E-state index >= 15 is 0 Å². The first-order valence-corrected chi connectivity index (χ1v) is 6.00. The van der Waals surface area contributed by atoms with Crippen LogP contribution in [0.25, 0.3) is 0 Å². The van der Waals surface area contributed by atoms with Crippen molar-refractivity contribution in [2.75, 3.05) is 12.0 Å². The van der Waals surface area contributed by atoms with Crippen molar-refractivity contribution < 1.29 is 4.79 Å². The van der Waals surface area contributed by atoms with Crippen molar-refractivity contribution in [2.24, 2.45) is 11.8 Å². The molecular formula is C12H18N4O. The molecule has 1 aromatic rings. The Balaban J connectivity index is 1.80. The molecular weight excluding hydrogens is 216 g/mol. The Morgan fingerprint density at radius 2 is 2.35 bits per heavy atom. The summed E-state index contributed by atoms with van der Waals surface area (Å²) in [4.78, 5) is 15.8. The van der Waals surface area contributed by atoms with Crippen molar-refractivity contribution in [1.29, 1.82) is 0 Å². The number of nitrogens with one attached hydrogen (secondary N) is 2. The Morgan fingerprint density at radius 3 is 3.06 bits per heavy atom. The fourth-order valence-electron chi connectivity index (χ4n) is 1.80. The second kappa shape index (κ2) is 5.63. The molecule has 0 unspecified atom stereocenters. The lowest BCUT2D eigenvalue weighted by atomic mass is 10.2. The van der Waals surface area contributed by atoms with Crippen LogP contribution in [0.4, 0.5) is 5.69 Å². The van der Waals surface area contributed by atoms with Crippen LogP contribution in [0.5, 0.6) is 0 Å². The van der Waals surface area contributed by atoms with Crippen LogP contribution in [0.2, 0.25) is 0 Å². The van der Waals surface area contributed by atoms with Crippen molar-refractivity contribution in [1.82, 2.24) is 10.3 Å². The zero-order valence-electron chi connectivity index (χ0n) is 9.78. The molecule has 1 aliphatic rings. The number of carbonyl (C=O) groups is 1. The Morgan fingerprint density at radius 1 is 1.53 bits per heavy atom. The molecule has 0 aliphatic heterocycles. The number of amides is 1. The number of pyridine rings is 1. The van der Waals surface area contributed by atoms with E-state index in [9.17, 15) is 4.79 Å². The SMILES string of the molecule is NNc1cnccc1C(=O)NCCCC1CC1. The number of carbonyl (C=O) groups excluding carboxylic acids is 1. The summed E-state index contributed by atoms with van der Waals surface area (Å²) >= 11 is 0. The number of nitrogens with zero attached hydrogens (tertiary/aromatic N) is 1. The van der Waals surface area contributed by atoms with Crippen LogP contribution >= 0.6 is 0 Å². The zero-order chi connectivity index (χ0) is 12.1. The average molecular weight is 234 g/mol. The highest BCUT2D eigenvalue weighted by atomic mass is 16.1. The number of hydrazine groups is 1. The molecule has 17 heavy (non-hydrogen) atoms. The van der Waals surface area contributed by atoms with E-state index in [1.807, 2.05) is 0 Å². The highest BCUT2D eigenvalue weighted by Gasteiger charge is 2.20. The predicted octanol–water partition coefficient (Wildman–Crippen LogP) is 1.29. The van der Waals surface area contributed by atoms with E-state index in [0.29, 0.717) is 11.3 Å². The summed E-state index contributed by atoms with van der Waals surface area (Å²) < 4.78 is 0. The van der Waals surface area contributed by atoms with Gasteiger partial charge in [0.15, 0.2) is 0 Å². The molecule has 1 fully saturated rings. The van der Waals surface area contributed by atoms with E-state index in [1.165, 1.54) is 19.3 Å². The molecule has 0 spiro atoms. The second-order valence-corrected chi connectivity index (χ2v) is 4.41. The molecule has 2 rings (SSSR count). The number of hydrogen-bond acceptors (Lipinski definition) is 4. The van der Waals surface area contributed by atoms with Crippen molar-refractivity contribution in [2.45, 2.75) is 25.7 Å².